The zero-order chi connectivity index (χ0) is 21.3. The number of fused-ring (bicyclic) bond motifs is 2. The van der Waals surface area contributed by atoms with Crippen LogP contribution < -0.4 is 5.43 Å². The number of aromatic nitrogens is 2. The Morgan fingerprint density at radius 1 is 1.13 bits per heavy atom. The molecule has 0 radical (unpaired) electrons. The molecule has 0 amide bonds. The Kier molecular flexibility index (Phi) is 5.74. The van der Waals surface area contributed by atoms with E-state index in [0.717, 1.165) is 10.6 Å². The number of nitrogens with zero attached hydrogens (tertiary/aromatic N) is 2. The average Bonchev–Trinajstić information content (AvgIpc) is 3.27. The summed E-state index contributed by atoms with van der Waals surface area (Å²) < 4.78 is 27.9. The molecule has 30 heavy (non-hydrogen) atoms. The van der Waals surface area contributed by atoms with Crippen molar-refractivity contribution in [3.63, 3.8) is 0 Å². The number of benzene rings is 2. The van der Waals surface area contributed by atoms with Crippen LogP contribution in [0.5, 0.6) is 0 Å². The highest BCUT2D eigenvalue weighted by molar-refractivity contribution is 7.84. The molecule has 0 spiro atoms. The van der Waals surface area contributed by atoms with Crippen LogP contribution in [0.25, 0.3) is 32.4 Å². The van der Waals surface area contributed by atoms with E-state index in [-0.39, 0.29) is 28.7 Å². The van der Waals surface area contributed by atoms with E-state index in [1.54, 1.807) is 18.3 Å². The molecule has 1 atom stereocenters. The highest BCUT2D eigenvalue weighted by Gasteiger charge is 2.14. The van der Waals surface area contributed by atoms with Gasteiger partial charge in [0.2, 0.25) is 0 Å². The summed E-state index contributed by atoms with van der Waals surface area (Å²) in [7, 11) is -1.34. The Morgan fingerprint density at radius 2 is 1.97 bits per heavy atom. The number of halogens is 1. The number of pyridine rings is 1. The SMILES string of the molecule is O=C(O)CCS(=O)CCn1c2ccc(F)cc2c(=O)c2ccc(-c3nccs3)cc21. The Bertz CT molecular complexity index is 1330. The van der Waals surface area contributed by atoms with Gasteiger partial charge in [0.05, 0.1) is 17.5 Å². The highest BCUT2D eigenvalue weighted by atomic mass is 32.2. The second kappa shape index (κ2) is 8.45. The fourth-order valence-electron chi connectivity index (χ4n) is 3.38. The number of rotatable bonds is 7. The molecule has 1 N–H and O–H groups in total. The standard InChI is InChI=1S/C21H17FN2O4S2/c22-14-2-4-17-16(12-14)20(27)15-3-1-13(21-23-6-8-29-21)11-18(15)24(17)7-10-30(28)9-5-19(25)26/h1-4,6,8,11-12H,5,7,9-10H2,(H,25,26). The van der Waals surface area contributed by atoms with E-state index in [0.29, 0.717) is 23.0 Å². The Hall–Kier alpha value is -2.91. The van der Waals surface area contributed by atoms with Gasteiger partial charge in [0.15, 0.2) is 5.43 Å². The second-order valence-electron chi connectivity index (χ2n) is 6.70. The molecule has 4 rings (SSSR count). The minimum atomic E-state index is -1.34. The molecule has 9 heteroatoms. The third-order valence-corrected chi connectivity index (χ3v) is 6.91. The molecular formula is C21H17FN2O4S2. The monoisotopic (exact) mass is 444 g/mol. The topological polar surface area (TPSA) is 89.3 Å². The Morgan fingerprint density at radius 3 is 2.70 bits per heavy atom. The van der Waals surface area contributed by atoms with Crippen LogP contribution in [0.2, 0.25) is 0 Å². The van der Waals surface area contributed by atoms with Crippen molar-refractivity contribution in [3.05, 3.63) is 64.0 Å². The van der Waals surface area contributed by atoms with Gasteiger partial charge in [-0.2, -0.15) is 0 Å². The molecule has 0 saturated heterocycles. The van der Waals surface area contributed by atoms with E-state index in [4.69, 9.17) is 5.11 Å². The highest BCUT2D eigenvalue weighted by Crippen LogP contribution is 2.27. The van der Waals surface area contributed by atoms with Gasteiger partial charge in [-0.05, 0) is 30.3 Å². The summed E-state index contributed by atoms with van der Waals surface area (Å²) in [4.78, 5) is 28.0. The van der Waals surface area contributed by atoms with Crippen molar-refractivity contribution in [2.24, 2.45) is 0 Å². The third kappa shape index (κ3) is 4.03. The van der Waals surface area contributed by atoms with Gasteiger partial charge in [0.1, 0.15) is 10.8 Å². The van der Waals surface area contributed by atoms with Crippen LogP contribution in [0.1, 0.15) is 6.42 Å². The van der Waals surface area contributed by atoms with E-state index < -0.39 is 22.6 Å². The molecule has 0 fully saturated rings. The van der Waals surface area contributed by atoms with Crippen LogP contribution in [0, 0.1) is 5.82 Å². The molecule has 2 aromatic carbocycles. The van der Waals surface area contributed by atoms with Crippen molar-refractivity contribution in [3.8, 4) is 10.6 Å². The van der Waals surface area contributed by atoms with Gasteiger partial charge in [0.25, 0.3) is 0 Å². The first-order chi connectivity index (χ1) is 14.4. The zero-order valence-electron chi connectivity index (χ0n) is 15.7. The quantitative estimate of drug-likeness (QED) is 0.440. The fraction of sp³-hybridized carbons (Fsp3) is 0.190. The van der Waals surface area contributed by atoms with Crippen molar-refractivity contribution >= 4 is 49.9 Å². The molecule has 0 aliphatic rings. The smallest absolute Gasteiger partial charge is 0.304 e. The van der Waals surface area contributed by atoms with Crippen molar-refractivity contribution < 1.29 is 18.5 Å². The normalized spacial score (nSPS) is 12.4. The lowest BCUT2D eigenvalue weighted by atomic mass is 10.1. The summed E-state index contributed by atoms with van der Waals surface area (Å²) in [5, 5.41) is 12.1. The molecule has 154 valence electrons. The number of carboxylic acids is 1. The minimum absolute atomic E-state index is 0.0599. The summed E-state index contributed by atoms with van der Waals surface area (Å²) in [6, 6.07) is 9.42. The van der Waals surface area contributed by atoms with Crippen LogP contribution in [0.15, 0.2) is 52.8 Å². The average molecular weight is 445 g/mol. The summed E-state index contributed by atoms with van der Waals surface area (Å²) in [5.41, 5.74) is 1.76. The molecule has 6 nitrogen and oxygen atoms in total. The Balaban J connectivity index is 1.85. The maximum absolute atomic E-state index is 13.8. The van der Waals surface area contributed by atoms with E-state index in [1.807, 2.05) is 22.1 Å². The van der Waals surface area contributed by atoms with Crippen molar-refractivity contribution in [2.75, 3.05) is 11.5 Å². The Labute approximate surface area is 177 Å². The van der Waals surface area contributed by atoms with Gasteiger partial charge in [-0.1, -0.05) is 6.07 Å². The van der Waals surface area contributed by atoms with E-state index >= 15 is 0 Å². The molecule has 2 aromatic heterocycles. The maximum atomic E-state index is 13.8. The van der Waals surface area contributed by atoms with Gasteiger partial charge in [-0.15, -0.1) is 11.3 Å². The fourth-order valence-corrected chi connectivity index (χ4v) is 5.01. The minimum Gasteiger partial charge on any atom is -0.481 e. The van der Waals surface area contributed by atoms with Crippen molar-refractivity contribution in [1.82, 2.24) is 9.55 Å². The third-order valence-electron chi connectivity index (χ3n) is 4.79. The number of carboxylic acid groups (broad SMARTS) is 1. The van der Waals surface area contributed by atoms with Gasteiger partial charge in [-0.3, -0.25) is 13.8 Å². The maximum Gasteiger partial charge on any atom is 0.304 e. The van der Waals surface area contributed by atoms with Crippen molar-refractivity contribution in [1.29, 1.82) is 0 Å². The van der Waals surface area contributed by atoms with E-state index in [2.05, 4.69) is 4.98 Å². The van der Waals surface area contributed by atoms with Gasteiger partial charge < -0.3 is 9.67 Å². The summed E-state index contributed by atoms with van der Waals surface area (Å²) in [6.07, 6.45) is 1.53. The lowest BCUT2D eigenvalue weighted by Crippen LogP contribution is -2.17. The number of aryl methyl sites for hydroxylation is 1. The molecule has 1 unspecified atom stereocenters. The first-order valence-corrected chi connectivity index (χ1v) is 11.5. The van der Waals surface area contributed by atoms with Crippen LogP contribution in [-0.4, -0.2) is 36.3 Å². The van der Waals surface area contributed by atoms with Gasteiger partial charge >= 0.3 is 5.97 Å². The molecule has 2 heterocycles. The zero-order valence-corrected chi connectivity index (χ0v) is 17.3. The molecular weight excluding hydrogens is 427 g/mol. The predicted octanol–water partition coefficient (Wildman–Crippen LogP) is 3.64. The lowest BCUT2D eigenvalue weighted by molar-refractivity contribution is -0.136. The molecule has 0 saturated carbocycles. The number of hydrogen-bond acceptors (Lipinski definition) is 5. The number of thiazole rings is 1. The van der Waals surface area contributed by atoms with Crippen LogP contribution in [-0.2, 0) is 22.1 Å². The number of hydrogen-bond donors (Lipinski definition) is 1. The van der Waals surface area contributed by atoms with Crippen LogP contribution >= 0.6 is 11.3 Å². The van der Waals surface area contributed by atoms with Gasteiger partial charge in [0, 0.05) is 56.8 Å². The molecule has 0 bridgehead atoms. The lowest BCUT2D eigenvalue weighted by Gasteiger charge is -2.16. The first-order valence-electron chi connectivity index (χ1n) is 9.16. The van der Waals surface area contributed by atoms with Crippen LogP contribution in [0.4, 0.5) is 4.39 Å². The predicted molar refractivity (Wildman–Crippen MR) is 117 cm³/mol. The molecule has 0 aliphatic carbocycles. The first kappa shape index (κ1) is 20.4. The summed E-state index contributed by atoms with van der Waals surface area (Å²) >= 11 is 1.48. The largest absolute Gasteiger partial charge is 0.481 e. The van der Waals surface area contributed by atoms with Crippen molar-refractivity contribution in [2.45, 2.75) is 13.0 Å². The van der Waals surface area contributed by atoms with Gasteiger partial charge in [-0.25, -0.2) is 9.37 Å². The second-order valence-corrected chi connectivity index (χ2v) is 9.29. The van der Waals surface area contributed by atoms with Crippen LogP contribution in [0.3, 0.4) is 0 Å². The summed E-state index contributed by atoms with van der Waals surface area (Å²) in [6.45, 7) is 0.298. The number of carbonyl (C=O) groups is 1. The molecule has 4 aromatic rings. The number of aliphatic carboxylic acids is 1. The molecule has 0 aliphatic heterocycles. The van der Waals surface area contributed by atoms with E-state index in [9.17, 15) is 18.2 Å². The summed E-state index contributed by atoms with van der Waals surface area (Å²) in [5.74, 6) is -1.22. The van der Waals surface area contributed by atoms with E-state index in [1.165, 1.54) is 23.5 Å².